The summed E-state index contributed by atoms with van der Waals surface area (Å²) >= 11 is 0. The molecule has 0 N–H and O–H groups in total. The van der Waals surface area contributed by atoms with Crippen molar-refractivity contribution in [1.29, 1.82) is 0 Å². The van der Waals surface area contributed by atoms with Gasteiger partial charge >= 0.3 is 0 Å². The fraction of sp³-hybridized carbons (Fsp3) is 0.200. The number of hydrogen-bond donors (Lipinski definition) is 0. The summed E-state index contributed by atoms with van der Waals surface area (Å²) in [6, 6.07) is 8.67. The van der Waals surface area contributed by atoms with E-state index < -0.39 is 5.82 Å². The molecule has 0 saturated carbocycles. The van der Waals surface area contributed by atoms with E-state index in [4.69, 9.17) is 0 Å². The Morgan fingerprint density at radius 3 is 2.77 bits per heavy atom. The van der Waals surface area contributed by atoms with E-state index >= 15 is 0 Å². The van der Waals surface area contributed by atoms with Crippen LogP contribution in [0.5, 0.6) is 0 Å². The van der Waals surface area contributed by atoms with Crippen molar-refractivity contribution in [3.05, 3.63) is 66.5 Å². The number of carbonyl (C=O) groups is 1. The van der Waals surface area contributed by atoms with E-state index in [0.29, 0.717) is 24.6 Å². The van der Waals surface area contributed by atoms with Crippen molar-refractivity contribution in [2.75, 3.05) is 25.0 Å². The van der Waals surface area contributed by atoms with Crippen LogP contribution in [0.4, 0.5) is 10.2 Å². The van der Waals surface area contributed by atoms with Gasteiger partial charge in [-0.1, -0.05) is 0 Å². The highest BCUT2D eigenvalue weighted by atomic mass is 19.1. The van der Waals surface area contributed by atoms with Gasteiger partial charge in [0.15, 0.2) is 11.5 Å². The predicted molar refractivity (Wildman–Crippen MR) is 106 cm³/mol. The van der Waals surface area contributed by atoms with Crippen LogP contribution in [0.3, 0.4) is 0 Å². The van der Waals surface area contributed by atoms with Crippen LogP contribution in [0, 0.1) is 5.82 Å². The quantitative estimate of drug-likeness (QED) is 0.511. The SMILES string of the molecule is CN(C(=O)c1cncc(F)c1)C1CN(c2ccc3nnc(-c4cccnc4)n3n2)C1. The molecule has 1 saturated heterocycles. The van der Waals surface area contributed by atoms with Gasteiger partial charge in [0.05, 0.1) is 17.8 Å². The van der Waals surface area contributed by atoms with Crippen LogP contribution >= 0.6 is 0 Å². The van der Waals surface area contributed by atoms with Crippen LogP contribution in [0.1, 0.15) is 10.4 Å². The summed E-state index contributed by atoms with van der Waals surface area (Å²) in [6.07, 6.45) is 5.87. The molecule has 1 aliphatic rings. The largest absolute Gasteiger partial charge is 0.351 e. The van der Waals surface area contributed by atoms with Crippen molar-refractivity contribution in [3.8, 4) is 11.4 Å². The Bertz CT molecular complexity index is 1220. The predicted octanol–water partition coefficient (Wildman–Crippen LogP) is 1.68. The van der Waals surface area contributed by atoms with Gasteiger partial charge in [-0.3, -0.25) is 14.8 Å². The summed E-state index contributed by atoms with van der Waals surface area (Å²) in [5, 5.41) is 13.0. The molecule has 0 bridgehead atoms. The highest BCUT2D eigenvalue weighted by Crippen LogP contribution is 2.24. The lowest BCUT2D eigenvalue weighted by molar-refractivity contribution is 0.0704. The lowest BCUT2D eigenvalue weighted by Crippen LogP contribution is -2.60. The van der Waals surface area contributed by atoms with Crippen molar-refractivity contribution in [3.63, 3.8) is 0 Å². The minimum Gasteiger partial charge on any atom is -0.351 e. The first-order chi connectivity index (χ1) is 14.6. The minimum atomic E-state index is -0.527. The maximum Gasteiger partial charge on any atom is 0.255 e. The Morgan fingerprint density at radius 2 is 2.00 bits per heavy atom. The van der Waals surface area contributed by atoms with Crippen LogP contribution in [-0.4, -0.2) is 66.8 Å². The minimum absolute atomic E-state index is 0.00281. The zero-order valence-electron chi connectivity index (χ0n) is 16.1. The van der Waals surface area contributed by atoms with Crippen molar-refractivity contribution in [2.24, 2.45) is 0 Å². The van der Waals surface area contributed by atoms with Crippen LogP contribution in [0.2, 0.25) is 0 Å². The van der Waals surface area contributed by atoms with E-state index in [9.17, 15) is 9.18 Å². The lowest BCUT2D eigenvalue weighted by atomic mass is 10.1. The van der Waals surface area contributed by atoms with Crippen molar-refractivity contribution >= 4 is 17.4 Å². The molecule has 4 aromatic rings. The summed E-state index contributed by atoms with van der Waals surface area (Å²) < 4.78 is 15.0. The van der Waals surface area contributed by atoms with E-state index in [1.165, 1.54) is 12.3 Å². The molecule has 1 fully saturated rings. The van der Waals surface area contributed by atoms with Gasteiger partial charge < -0.3 is 9.80 Å². The zero-order valence-corrected chi connectivity index (χ0v) is 16.1. The number of nitrogens with zero attached hydrogens (tertiary/aromatic N) is 8. The Morgan fingerprint density at radius 1 is 1.13 bits per heavy atom. The summed E-state index contributed by atoms with van der Waals surface area (Å²) in [4.78, 5) is 24.1. The number of anilines is 1. The number of halogens is 1. The smallest absolute Gasteiger partial charge is 0.255 e. The third-order valence-corrected chi connectivity index (χ3v) is 5.17. The van der Waals surface area contributed by atoms with E-state index in [0.717, 1.165) is 17.6 Å². The van der Waals surface area contributed by atoms with Gasteiger partial charge in [0.1, 0.15) is 11.6 Å². The molecule has 1 amide bonds. The first-order valence-electron chi connectivity index (χ1n) is 9.35. The number of fused-ring (bicyclic) bond motifs is 1. The van der Waals surface area contributed by atoms with Gasteiger partial charge in [-0.25, -0.2) is 4.39 Å². The highest BCUT2D eigenvalue weighted by Gasteiger charge is 2.34. The molecule has 4 aromatic heterocycles. The maximum atomic E-state index is 13.4. The Kier molecular flexibility index (Phi) is 4.31. The number of pyridine rings is 2. The molecule has 0 unspecified atom stereocenters. The molecule has 150 valence electrons. The average molecular weight is 404 g/mol. The van der Waals surface area contributed by atoms with Crippen molar-refractivity contribution < 1.29 is 9.18 Å². The number of hydrogen-bond acceptors (Lipinski definition) is 7. The second-order valence-electron chi connectivity index (χ2n) is 7.09. The molecule has 0 aromatic carbocycles. The Balaban J connectivity index is 1.33. The van der Waals surface area contributed by atoms with E-state index in [1.807, 2.05) is 24.3 Å². The van der Waals surface area contributed by atoms with Crippen LogP contribution < -0.4 is 4.90 Å². The molecule has 5 rings (SSSR count). The van der Waals surface area contributed by atoms with Gasteiger partial charge in [0, 0.05) is 44.3 Å². The van der Waals surface area contributed by atoms with Crippen molar-refractivity contribution in [1.82, 2.24) is 34.7 Å². The highest BCUT2D eigenvalue weighted by molar-refractivity contribution is 5.94. The molecule has 0 radical (unpaired) electrons. The lowest BCUT2D eigenvalue weighted by Gasteiger charge is -2.44. The van der Waals surface area contributed by atoms with Crippen molar-refractivity contribution in [2.45, 2.75) is 6.04 Å². The molecule has 0 atom stereocenters. The number of carbonyl (C=O) groups excluding carboxylic acids is 1. The number of aromatic nitrogens is 6. The van der Waals surface area contributed by atoms with Crippen LogP contribution in [0.15, 0.2) is 55.1 Å². The molecule has 10 heteroatoms. The fourth-order valence-corrected chi connectivity index (χ4v) is 3.41. The first-order valence-corrected chi connectivity index (χ1v) is 9.35. The number of rotatable bonds is 4. The average Bonchev–Trinajstić information content (AvgIpc) is 3.16. The second-order valence-corrected chi connectivity index (χ2v) is 7.09. The Labute approximate surface area is 170 Å². The summed E-state index contributed by atoms with van der Waals surface area (Å²) in [7, 11) is 1.71. The molecule has 1 aliphatic heterocycles. The molecule has 0 aliphatic carbocycles. The first kappa shape index (κ1) is 18.1. The molecular formula is C20H17FN8O. The summed E-state index contributed by atoms with van der Waals surface area (Å²) in [5.41, 5.74) is 1.70. The van der Waals surface area contributed by atoms with Gasteiger partial charge in [-0.15, -0.1) is 15.3 Å². The molecule has 0 spiro atoms. The van der Waals surface area contributed by atoms with Gasteiger partial charge in [-0.2, -0.15) is 4.52 Å². The third-order valence-electron chi connectivity index (χ3n) is 5.17. The monoisotopic (exact) mass is 404 g/mol. The number of likely N-dealkylation sites (N-methyl/N-ethyl adjacent to an activating group) is 1. The fourth-order valence-electron chi connectivity index (χ4n) is 3.41. The van der Waals surface area contributed by atoms with Crippen LogP contribution in [0.25, 0.3) is 17.0 Å². The maximum absolute atomic E-state index is 13.4. The van der Waals surface area contributed by atoms with Gasteiger partial charge in [0.2, 0.25) is 0 Å². The molecule has 9 nitrogen and oxygen atoms in total. The van der Waals surface area contributed by atoms with E-state index in [2.05, 4.69) is 30.2 Å². The zero-order chi connectivity index (χ0) is 20.7. The number of amides is 1. The second kappa shape index (κ2) is 7.14. The van der Waals surface area contributed by atoms with E-state index in [1.54, 1.807) is 28.9 Å². The van der Waals surface area contributed by atoms with Gasteiger partial charge in [0.25, 0.3) is 5.91 Å². The van der Waals surface area contributed by atoms with Gasteiger partial charge in [-0.05, 0) is 30.3 Å². The molecule has 30 heavy (non-hydrogen) atoms. The van der Waals surface area contributed by atoms with Crippen LogP contribution in [-0.2, 0) is 0 Å². The molecular weight excluding hydrogens is 387 g/mol. The van der Waals surface area contributed by atoms with E-state index in [-0.39, 0.29) is 17.5 Å². The summed E-state index contributed by atoms with van der Waals surface area (Å²) in [6.45, 7) is 1.24. The molecule has 5 heterocycles. The third kappa shape index (κ3) is 3.11. The topological polar surface area (TPSA) is 92.4 Å². The summed E-state index contributed by atoms with van der Waals surface area (Å²) in [5.74, 6) is 0.591. The normalized spacial score (nSPS) is 14.0. The Hall–Kier alpha value is -3.95. The standard InChI is InChI=1S/C20H17FN8O/c1-27(20(30)14-7-15(21)10-23-9-14)16-11-28(12-16)18-5-4-17-24-25-19(29(17)26-18)13-3-2-6-22-8-13/h2-10,16H,11-12H2,1H3.